The Morgan fingerprint density at radius 3 is 2.91 bits per heavy atom. The van der Waals surface area contributed by atoms with Crippen molar-refractivity contribution in [2.75, 3.05) is 26.2 Å². The lowest BCUT2D eigenvalue weighted by atomic mass is 10.2. The number of aromatic nitrogens is 2. The molecule has 6 heteroatoms. The van der Waals surface area contributed by atoms with Crippen molar-refractivity contribution in [3.05, 3.63) is 29.7 Å². The highest BCUT2D eigenvalue weighted by Crippen LogP contribution is 2.22. The second-order valence-corrected chi connectivity index (χ2v) is 5.68. The fourth-order valence-corrected chi connectivity index (χ4v) is 2.96. The highest BCUT2D eigenvalue weighted by molar-refractivity contribution is 5.71. The van der Waals surface area contributed by atoms with Crippen LogP contribution in [0.1, 0.15) is 24.2 Å². The zero-order valence-electron chi connectivity index (χ0n) is 12.8. The molecule has 0 bridgehead atoms. The maximum Gasteiger partial charge on any atom is 0.309 e. The van der Waals surface area contributed by atoms with Crippen molar-refractivity contribution in [3.63, 3.8) is 0 Å². The number of nitrogens with zero attached hydrogens (tertiary/aromatic N) is 3. The maximum absolute atomic E-state index is 11.0. The number of carboxylic acid groups (broad SMARTS) is 1. The minimum Gasteiger partial charge on any atom is -0.488 e. The van der Waals surface area contributed by atoms with Gasteiger partial charge in [0.1, 0.15) is 6.61 Å². The van der Waals surface area contributed by atoms with E-state index in [0.717, 1.165) is 25.3 Å². The molecule has 0 aliphatic carbocycles. The average molecular weight is 303 g/mol. The summed E-state index contributed by atoms with van der Waals surface area (Å²) in [4.78, 5) is 17.9. The van der Waals surface area contributed by atoms with Crippen LogP contribution in [0.25, 0.3) is 5.65 Å². The molecule has 0 atom stereocenters. The molecule has 1 fully saturated rings. The lowest BCUT2D eigenvalue weighted by Gasteiger charge is -2.15. The Morgan fingerprint density at radius 1 is 1.41 bits per heavy atom. The van der Waals surface area contributed by atoms with Crippen LogP contribution in [-0.4, -0.2) is 51.6 Å². The van der Waals surface area contributed by atoms with Crippen molar-refractivity contribution in [3.8, 4) is 5.75 Å². The van der Waals surface area contributed by atoms with E-state index >= 15 is 0 Å². The summed E-state index contributed by atoms with van der Waals surface area (Å²) in [5.74, 6) is -0.147. The molecule has 22 heavy (non-hydrogen) atoms. The van der Waals surface area contributed by atoms with Crippen molar-refractivity contribution in [2.24, 2.45) is 0 Å². The number of carboxylic acids is 1. The number of hydrogen-bond acceptors (Lipinski definition) is 4. The van der Waals surface area contributed by atoms with Crippen LogP contribution in [0.4, 0.5) is 0 Å². The first kappa shape index (κ1) is 14.8. The highest BCUT2D eigenvalue weighted by Gasteiger charge is 2.15. The van der Waals surface area contributed by atoms with Crippen molar-refractivity contribution in [1.82, 2.24) is 14.3 Å². The lowest BCUT2D eigenvalue weighted by molar-refractivity contribution is -0.136. The van der Waals surface area contributed by atoms with E-state index in [4.69, 9.17) is 9.84 Å². The molecule has 0 aromatic carbocycles. The van der Waals surface area contributed by atoms with Crippen LogP contribution >= 0.6 is 0 Å². The number of carbonyl (C=O) groups is 1. The molecule has 0 unspecified atom stereocenters. The lowest BCUT2D eigenvalue weighted by Crippen LogP contribution is -2.25. The molecule has 1 saturated heterocycles. The largest absolute Gasteiger partial charge is 0.488 e. The quantitative estimate of drug-likeness (QED) is 0.880. The van der Waals surface area contributed by atoms with Gasteiger partial charge in [-0.2, -0.15) is 0 Å². The fraction of sp³-hybridized carbons (Fsp3) is 0.500. The monoisotopic (exact) mass is 303 g/mol. The van der Waals surface area contributed by atoms with Crippen LogP contribution in [0.3, 0.4) is 0 Å². The number of aryl methyl sites for hydroxylation is 1. The van der Waals surface area contributed by atoms with Gasteiger partial charge < -0.3 is 14.2 Å². The Balaban J connectivity index is 1.76. The van der Waals surface area contributed by atoms with Crippen LogP contribution in [0, 0.1) is 6.92 Å². The van der Waals surface area contributed by atoms with Gasteiger partial charge in [0, 0.05) is 12.7 Å². The van der Waals surface area contributed by atoms with Crippen molar-refractivity contribution < 1.29 is 14.6 Å². The van der Waals surface area contributed by atoms with E-state index in [1.807, 2.05) is 29.7 Å². The van der Waals surface area contributed by atoms with E-state index < -0.39 is 5.97 Å². The van der Waals surface area contributed by atoms with Gasteiger partial charge >= 0.3 is 5.97 Å². The number of hydrogen-bond donors (Lipinski definition) is 1. The molecule has 2 aromatic rings. The van der Waals surface area contributed by atoms with E-state index in [2.05, 4.69) is 9.88 Å². The second-order valence-electron chi connectivity index (χ2n) is 5.68. The number of ether oxygens (including phenoxy) is 1. The van der Waals surface area contributed by atoms with E-state index in [0.29, 0.717) is 23.7 Å². The summed E-state index contributed by atoms with van der Waals surface area (Å²) in [7, 11) is 0. The Morgan fingerprint density at radius 2 is 2.18 bits per heavy atom. The van der Waals surface area contributed by atoms with Gasteiger partial charge in [-0.3, -0.25) is 9.69 Å². The molecule has 3 heterocycles. The summed E-state index contributed by atoms with van der Waals surface area (Å²) in [6, 6.07) is 3.75. The smallest absolute Gasteiger partial charge is 0.309 e. The first-order valence-electron chi connectivity index (χ1n) is 7.68. The minimum atomic E-state index is -0.856. The zero-order chi connectivity index (χ0) is 15.5. The fourth-order valence-electron chi connectivity index (χ4n) is 2.96. The van der Waals surface area contributed by atoms with Crippen molar-refractivity contribution in [2.45, 2.75) is 26.2 Å². The summed E-state index contributed by atoms with van der Waals surface area (Å²) in [6.07, 6.45) is 4.34. The number of likely N-dealkylation sites (tertiary alicyclic amines) is 1. The van der Waals surface area contributed by atoms with Gasteiger partial charge in [-0.05, 0) is 45.0 Å². The first-order chi connectivity index (χ1) is 10.6. The molecular formula is C16H21N3O3. The second kappa shape index (κ2) is 6.36. The maximum atomic E-state index is 11.0. The average Bonchev–Trinajstić information content (AvgIpc) is 3.09. The number of pyridine rings is 1. The Kier molecular flexibility index (Phi) is 4.29. The molecule has 0 amide bonds. The zero-order valence-corrected chi connectivity index (χ0v) is 12.8. The van der Waals surface area contributed by atoms with Gasteiger partial charge in [0.15, 0.2) is 11.4 Å². The summed E-state index contributed by atoms with van der Waals surface area (Å²) < 4.78 is 7.70. The van der Waals surface area contributed by atoms with Crippen LogP contribution in [-0.2, 0) is 11.2 Å². The number of rotatable bonds is 6. The minimum absolute atomic E-state index is 0.0375. The van der Waals surface area contributed by atoms with Crippen LogP contribution in [0.5, 0.6) is 5.75 Å². The summed E-state index contributed by atoms with van der Waals surface area (Å²) >= 11 is 0. The molecule has 1 N–H and O–H groups in total. The van der Waals surface area contributed by atoms with Gasteiger partial charge in [0.05, 0.1) is 17.8 Å². The third-order valence-electron chi connectivity index (χ3n) is 4.10. The number of fused-ring (bicyclic) bond motifs is 1. The summed E-state index contributed by atoms with van der Waals surface area (Å²) in [5.41, 5.74) is 2.13. The summed E-state index contributed by atoms with van der Waals surface area (Å²) in [5, 5.41) is 9.02. The number of imidazole rings is 1. The van der Waals surface area contributed by atoms with Crippen LogP contribution in [0.15, 0.2) is 18.3 Å². The molecule has 6 nitrogen and oxygen atoms in total. The van der Waals surface area contributed by atoms with Crippen LogP contribution < -0.4 is 4.74 Å². The third kappa shape index (κ3) is 3.06. The topological polar surface area (TPSA) is 67.1 Å². The van der Waals surface area contributed by atoms with Gasteiger partial charge in [-0.1, -0.05) is 0 Å². The Hall–Kier alpha value is -2.08. The van der Waals surface area contributed by atoms with E-state index in [1.165, 1.54) is 12.8 Å². The molecule has 1 aliphatic heterocycles. The SMILES string of the molecule is Cc1nc2c(OCCN3CCCC3)cccn2c1CC(=O)O. The Bertz CT molecular complexity index is 675. The highest BCUT2D eigenvalue weighted by atomic mass is 16.5. The Labute approximate surface area is 129 Å². The van der Waals surface area contributed by atoms with Crippen molar-refractivity contribution in [1.29, 1.82) is 0 Å². The van der Waals surface area contributed by atoms with E-state index in [1.54, 1.807) is 0 Å². The number of aliphatic carboxylic acids is 1. The standard InChI is InChI=1S/C16H21N3O3/c1-12-13(11-15(20)21)19-8-4-5-14(16(19)17-12)22-10-9-18-6-2-3-7-18/h4-5,8H,2-3,6-7,9-11H2,1H3,(H,20,21). The van der Waals surface area contributed by atoms with Gasteiger partial charge in [-0.15, -0.1) is 0 Å². The van der Waals surface area contributed by atoms with Gasteiger partial charge in [0.25, 0.3) is 0 Å². The predicted octanol–water partition coefficient (Wildman–Crippen LogP) is 1.74. The normalized spacial score (nSPS) is 15.5. The van der Waals surface area contributed by atoms with E-state index in [-0.39, 0.29) is 6.42 Å². The first-order valence-corrected chi connectivity index (χ1v) is 7.68. The molecule has 0 radical (unpaired) electrons. The molecule has 2 aromatic heterocycles. The molecular weight excluding hydrogens is 282 g/mol. The van der Waals surface area contributed by atoms with Gasteiger partial charge in [-0.25, -0.2) is 4.98 Å². The van der Waals surface area contributed by atoms with E-state index in [9.17, 15) is 4.79 Å². The summed E-state index contributed by atoms with van der Waals surface area (Å²) in [6.45, 7) is 5.68. The van der Waals surface area contributed by atoms with Gasteiger partial charge in [0.2, 0.25) is 0 Å². The molecule has 0 spiro atoms. The third-order valence-corrected chi connectivity index (χ3v) is 4.10. The van der Waals surface area contributed by atoms with Crippen LogP contribution in [0.2, 0.25) is 0 Å². The van der Waals surface area contributed by atoms with Crippen molar-refractivity contribution >= 4 is 11.6 Å². The molecule has 0 saturated carbocycles. The molecule has 118 valence electrons. The molecule has 1 aliphatic rings. The molecule has 3 rings (SSSR count). The predicted molar refractivity (Wildman–Crippen MR) is 82.4 cm³/mol.